The van der Waals surface area contributed by atoms with Gasteiger partial charge in [-0.25, -0.2) is 4.98 Å². The molecule has 0 saturated heterocycles. The minimum atomic E-state index is -0.107. The number of thioether (sulfide) groups is 1. The van der Waals surface area contributed by atoms with Crippen molar-refractivity contribution in [3.05, 3.63) is 100 Å². The van der Waals surface area contributed by atoms with Gasteiger partial charge in [0.2, 0.25) is 11.7 Å². The van der Waals surface area contributed by atoms with Crippen LogP contribution < -0.4 is 10.3 Å². The van der Waals surface area contributed by atoms with Crippen molar-refractivity contribution in [1.82, 2.24) is 19.7 Å². The van der Waals surface area contributed by atoms with Crippen LogP contribution in [0.4, 0.5) is 0 Å². The summed E-state index contributed by atoms with van der Waals surface area (Å²) in [6.45, 7) is 2.37. The molecule has 5 aromatic rings. The second-order valence-electron chi connectivity index (χ2n) is 7.78. The third kappa shape index (κ3) is 4.45. The van der Waals surface area contributed by atoms with Crippen LogP contribution in [0.15, 0.2) is 87.3 Å². The zero-order valence-corrected chi connectivity index (χ0v) is 19.6. The number of methoxy groups -OCH3 is 1. The molecular formula is C26H22N4O3S. The van der Waals surface area contributed by atoms with Gasteiger partial charge in [0.15, 0.2) is 5.16 Å². The first-order valence-electron chi connectivity index (χ1n) is 10.8. The average Bonchev–Trinajstić information content (AvgIpc) is 3.34. The molecule has 0 N–H and O–H groups in total. The Morgan fingerprint density at radius 2 is 1.74 bits per heavy atom. The topological polar surface area (TPSA) is 83.0 Å². The molecule has 0 fully saturated rings. The van der Waals surface area contributed by atoms with Crippen LogP contribution in [0.1, 0.15) is 17.0 Å². The first-order chi connectivity index (χ1) is 16.6. The highest BCUT2D eigenvalue weighted by atomic mass is 32.2. The van der Waals surface area contributed by atoms with Crippen molar-refractivity contribution in [2.45, 2.75) is 24.4 Å². The van der Waals surface area contributed by atoms with Crippen molar-refractivity contribution >= 4 is 22.7 Å². The minimum absolute atomic E-state index is 0.107. The Kier molecular flexibility index (Phi) is 6.14. The molecule has 34 heavy (non-hydrogen) atoms. The molecule has 0 aliphatic carbocycles. The second kappa shape index (κ2) is 9.52. The molecule has 0 atom stereocenters. The lowest BCUT2D eigenvalue weighted by molar-refractivity contribution is 0.391. The molecular weight excluding hydrogens is 448 g/mol. The number of aryl methyl sites for hydroxylation is 1. The van der Waals surface area contributed by atoms with E-state index in [1.165, 1.54) is 17.3 Å². The Morgan fingerprint density at radius 1 is 0.971 bits per heavy atom. The fourth-order valence-electron chi connectivity index (χ4n) is 3.66. The molecule has 2 aromatic heterocycles. The normalized spacial score (nSPS) is 11.1. The maximum atomic E-state index is 13.4. The van der Waals surface area contributed by atoms with E-state index in [9.17, 15) is 4.79 Å². The molecule has 0 aliphatic rings. The van der Waals surface area contributed by atoms with Gasteiger partial charge in [-0.05, 0) is 25.1 Å². The van der Waals surface area contributed by atoms with E-state index in [2.05, 4.69) is 10.1 Å². The molecule has 170 valence electrons. The number of para-hydroxylation sites is 2. The molecule has 0 aliphatic heterocycles. The first-order valence-corrected chi connectivity index (χ1v) is 11.7. The Bertz CT molecular complexity index is 1510. The van der Waals surface area contributed by atoms with Crippen molar-refractivity contribution in [2.24, 2.45) is 0 Å². The number of aromatic nitrogens is 4. The van der Waals surface area contributed by atoms with E-state index in [0.29, 0.717) is 40.1 Å². The van der Waals surface area contributed by atoms with E-state index in [1.807, 2.05) is 73.7 Å². The quantitative estimate of drug-likeness (QED) is 0.242. The Morgan fingerprint density at radius 3 is 2.56 bits per heavy atom. The lowest BCUT2D eigenvalue weighted by Gasteiger charge is -2.14. The van der Waals surface area contributed by atoms with Crippen LogP contribution in [0.3, 0.4) is 0 Å². The van der Waals surface area contributed by atoms with Crippen LogP contribution >= 0.6 is 11.8 Å². The van der Waals surface area contributed by atoms with Gasteiger partial charge in [0.25, 0.3) is 5.56 Å². The van der Waals surface area contributed by atoms with Crippen LogP contribution in [-0.2, 0) is 12.3 Å². The largest absolute Gasteiger partial charge is 0.496 e. The molecule has 0 amide bonds. The molecule has 0 bridgehead atoms. The van der Waals surface area contributed by atoms with Crippen LogP contribution in [0.25, 0.3) is 22.3 Å². The summed E-state index contributed by atoms with van der Waals surface area (Å²) in [5.74, 6) is 2.11. The second-order valence-corrected chi connectivity index (χ2v) is 8.72. The fraction of sp³-hybridized carbons (Fsp3) is 0.154. The zero-order valence-electron chi connectivity index (χ0n) is 18.8. The number of ether oxygens (including phenoxy) is 1. The van der Waals surface area contributed by atoms with Crippen LogP contribution in [0, 0.1) is 6.92 Å². The summed E-state index contributed by atoms with van der Waals surface area (Å²) in [5.41, 5.74) is 3.49. The Hall–Kier alpha value is -3.91. The minimum Gasteiger partial charge on any atom is -0.496 e. The van der Waals surface area contributed by atoms with Crippen LogP contribution in [-0.4, -0.2) is 26.8 Å². The van der Waals surface area contributed by atoms with Crippen LogP contribution in [0.5, 0.6) is 5.75 Å². The maximum Gasteiger partial charge on any atom is 0.262 e. The van der Waals surface area contributed by atoms with E-state index in [-0.39, 0.29) is 5.56 Å². The molecule has 0 radical (unpaired) electrons. The smallest absolute Gasteiger partial charge is 0.262 e. The molecule has 2 heterocycles. The highest BCUT2D eigenvalue weighted by Gasteiger charge is 2.16. The standard InChI is InChI=1S/C26H22N4O3S/c1-17-11-13-18(14-12-17)24-28-23(33-29-24)16-34-26-27-21-9-5-4-8-20(21)25(31)30(26)15-19-7-3-6-10-22(19)32-2/h3-14H,15-16H2,1-2H3. The van der Waals surface area contributed by atoms with Crippen molar-refractivity contribution in [2.75, 3.05) is 7.11 Å². The lowest BCUT2D eigenvalue weighted by atomic mass is 10.1. The monoisotopic (exact) mass is 470 g/mol. The van der Waals surface area contributed by atoms with Gasteiger partial charge in [-0.15, -0.1) is 0 Å². The third-order valence-electron chi connectivity index (χ3n) is 5.45. The van der Waals surface area contributed by atoms with E-state index in [4.69, 9.17) is 14.2 Å². The fourth-order valence-corrected chi connectivity index (χ4v) is 4.50. The van der Waals surface area contributed by atoms with Crippen molar-refractivity contribution in [3.63, 3.8) is 0 Å². The summed E-state index contributed by atoms with van der Waals surface area (Å²) in [7, 11) is 1.62. The SMILES string of the molecule is COc1ccccc1Cn1c(SCc2nc(-c3ccc(C)cc3)no2)nc2ccccc2c1=O. The third-order valence-corrected chi connectivity index (χ3v) is 6.41. The van der Waals surface area contributed by atoms with Crippen molar-refractivity contribution < 1.29 is 9.26 Å². The highest BCUT2D eigenvalue weighted by molar-refractivity contribution is 7.98. The van der Waals surface area contributed by atoms with Crippen molar-refractivity contribution in [1.29, 1.82) is 0 Å². The first kappa shape index (κ1) is 21.9. The van der Waals surface area contributed by atoms with Gasteiger partial charge in [0.1, 0.15) is 5.75 Å². The van der Waals surface area contributed by atoms with Gasteiger partial charge in [0.05, 0.1) is 30.3 Å². The predicted octanol–water partition coefficient (Wildman–Crippen LogP) is 5.10. The average molecular weight is 471 g/mol. The molecule has 5 rings (SSSR count). The zero-order chi connectivity index (χ0) is 23.5. The Balaban J connectivity index is 1.47. The number of rotatable bonds is 7. The van der Waals surface area contributed by atoms with Gasteiger partial charge >= 0.3 is 0 Å². The molecule has 0 unspecified atom stereocenters. The summed E-state index contributed by atoms with van der Waals surface area (Å²) in [5, 5.41) is 5.25. The summed E-state index contributed by atoms with van der Waals surface area (Å²) >= 11 is 1.39. The van der Waals surface area contributed by atoms with Gasteiger partial charge < -0.3 is 9.26 Å². The molecule has 8 heteroatoms. The van der Waals surface area contributed by atoms with E-state index >= 15 is 0 Å². The number of fused-ring (bicyclic) bond motifs is 1. The summed E-state index contributed by atoms with van der Waals surface area (Å²) in [4.78, 5) is 22.7. The highest BCUT2D eigenvalue weighted by Crippen LogP contribution is 2.26. The number of hydrogen-bond donors (Lipinski definition) is 0. The van der Waals surface area contributed by atoms with Crippen molar-refractivity contribution in [3.8, 4) is 17.1 Å². The molecule has 0 saturated carbocycles. The summed E-state index contributed by atoms with van der Waals surface area (Å²) in [6.07, 6.45) is 0. The number of nitrogens with zero attached hydrogens (tertiary/aromatic N) is 4. The predicted molar refractivity (Wildman–Crippen MR) is 132 cm³/mol. The molecule has 7 nitrogen and oxygen atoms in total. The lowest BCUT2D eigenvalue weighted by Crippen LogP contribution is -2.24. The molecule has 0 spiro atoms. The summed E-state index contributed by atoms with van der Waals surface area (Å²) in [6, 6.07) is 23.0. The summed E-state index contributed by atoms with van der Waals surface area (Å²) < 4.78 is 12.6. The number of hydrogen-bond acceptors (Lipinski definition) is 7. The van der Waals surface area contributed by atoms with E-state index < -0.39 is 0 Å². The van der Waals surface area contributed by atoms with Gasteiger partial charge in [0, 0.05) is 11.1 Å². The maximum absolute atomic E-state index is 13.4. The van der Waals surface area contributed by atoms with Crippen LogP contribution in [0.2, 0.25) is 0 Å². The molecule has 3 aromatic carbocycles. The van der Waals surface area contributed by atoms with Gasteiger partial charge in [-0.3, -0.25) is 9.36 Å². The van der Waals surface area contributed by atoms with E-state index in [1.54, 1.807) is 17.7 Å². The van der Waals surface area contributed by atoms with E-state index in [0.717, 1.165) is 16.9 Å². The number of benzene rings is 3. The van der Waals surface area contributed by atoms with Gasteiger partial charge in [-0.1, -0.05) is 77.1 Å². The Labute approximate surface area is 200 Å². The van der Waals surface area contributed by atoms with Gasteiger partial charge in [-0.2, -0.15) is 4.98 Å².